The molecule has 2 aliphatic heterocycles. The van der Waals surface area contributed by atoms with Gasteiger partial charge in [0.05, 0.1) is 43.2 Å². The van der Waals surface area contributed by atoms with E-state index in [1.807, 2.05) is 40.0 Å². The molecule has 0 radical (unpaired) electrons. The molecule has 0 bridgehead atoms. The van der Waals surface area contributed by atoms with Crippen LogP contribution < -0.4 is 25.8 Å². The van der Waals surface area contributed by atoms with Gasteiger partial charge in [-0.2, -0.15) is 0 Å². The number of likely N-dealkylation sites (tertiary alicyclic amines) is 1. The number of benzene rings is 1. The fraction of sp³-hybridized carbons (Fsp3) is 0.581. The van der Waals surface area contributed by atoms with E-state index in [1.165, 1.54) is 33.8 Å². The first-order chi connectivity index (χ1) is 28.7. The summed E-state index contributed by atoms with van der Waals surface area (Å²) < 4.78 is 29.7. The molecule has 18 heteroatoms. The first-order valence-corrected chi connectivity index (χ1v) is 22.0. The molecule has 4 heterocycles. The van der Waals surface area contributed by atoms with E-state index in [2.05, 4.69) is 10.6 Å². The third kappa shape index (κ3) is 10.4. The van der Waals surface area contributed by atoms with Gasteiger partial charge in [-0.15, -0.1) is 11.3 Å². The summed E-state index contributed by atoms with van der Waals surface area (Å²) in [5.41, 5.74) is 6.31. The fourth-order valence-corrected chi connectivity index (χ4v) is 9.09. The number of pyridine rings is 1. The lowest BCUT2D eigenvalue weighted by Crippen LogP contribution is -2.57. The second kappa shape index (κ2) is 17.5. The second-order valence-electron chi connectivity index (χ2n) is 18.6. The summed E-state index contributed by atoms with van der Waals surface area (Å²) in [5, 5.41) is 9.39. The Hall–Kier alpha value is -4.87. The molecule has 4 fully saturated rings. The predicted molar refractivity (Wildman–Crippen MR) is 230 cm³/mol. The Kier molecular flexibility index (Phi) is 12.7. The van der Waals surface area contributed by atoms with Gasteiger partial charge in [-0.1, -0.05) is 32.4 Å². The monoisotopic (exact) mass is 881 g/mol. The Bertz CT molecular complexity index is 2190. The maximum atomic E-state index is 14.3. The van der Waals surface area contributed by atoms with Crippen LogP contribution in [-0.2, 0) is 23.8 Å². The molecule has 6 atom stereocenters. The molecular weight excluding hydrogens is 826 g/mol. The number of alkyl carbamates (subject to hydrolysis) is 1. The van der Waals surface area contributed by atoms with Crippen molar-refractivity contribution in [3.63, 3.8) is 0 Å². The summed E-state index contributed by atoms with van der Waals surface area (Å²) in [6, 6.07) is 3.30. The summed E-state index contributed by atoms with van der Waals surface area (Å²) in [6.45, 7) is 15.7. The summed E-state index contributed by atoms with van der Waals surface area (Å²) >= 11 is 8.50. The van der Waals surface area contributed by atoms with Crippen LogP contribution in [-0.4, -0.2) is 106 Å². The molecule has 2 saturated carbocycles. The van der Waals surface area contributed by atoms with E-state index in [9.17, 15) is 19.2 Å². The number of hydrogen-bond donors (Lipinski definition) is 3. The van der Waals surface area contributed by atoms with Gasteiger partial charge in [-0.05, 0) is 83.3 Å². The topological polar surface area (TPSA) is 197 Å². The van der Waals surface area contributed by atoms with E-state index in [0.29, 0.717) is 57.3 Å². The summed E-state index contributed by atoms with van der Waals surface area (Å²) in [6.07, 6.45) is 2.34. The van der Waals surface area contributed by atoms with Crippen molar-refractivity contribution in [2.45, 2.75) is 117 Å². The lowest BCUT2D eigenvalue weighted by molar-refractivity contribution is -0.141. The third-order valence-corrected chi connectivity index (χ3v) is 12.2. The molecule has 2 saturated heterocycles. The summed E-state index contributed by atoms with van der Waals surface area (Å²) in [7, 11) is 0. The van der Waals surface area contributed by atoms with Crippen LogP contribution >= 0.6 is 22.9 Å². The number of aromatic nitrogens is 2. The second-order valence-corrected chi connectivity index (χ2v) is 19.8. The van der Waals surface area contributed by atoms with Gasteiger partial charge in [0, 0.05) is 29.3 Å². The number of rotatable bonds is 11. The molecule has 16 nitrogen and oxygen atoms in total. The number of fused-ring (bicyclic) bond motifs is 2. The van der Waals surface area contributed by atoms with Gasteiger partial charge in [0.1, 0.15) is 58.4 Å². The Morgan fingerprint density at radius 2 is 1.74 bits per heavy atom. The Labute approximate surface area is 364 Å². The zero-order valence-electron chi connectivity index (χ0n) is 35.9. The Morgan fingerprint density at radius 3 is 2.41 bits per heavy atom. The number of hydrogen-bond acceptors (Lipinski definition) is 13. The predicted octanol–water partition coefficient (Wildman–Crippen LogP) is 7.09. The quantitative estimate of drug-likeness (QED) is 0.166. The van der Waals surface area contributed by atoms with Crippen molar-refractivity contribution in [1.82, 2.24) is 25.1 Å². The van der Waals surface area contributed by atoms with Crippen LogP contribution in [0.4, 0.5) is 14.7 Å². The molecule has 4 amide bonds. The number of nitrogens with two attached hydrogens (primary N) is 1. The first kappa shape index (κ1) is 44.2. The highest BCUT2D eigenvalue weighted by atomic mass is 35.5. The molecule has 4 N–H and O–H groups in total. The van der Waals surface area contributed by atoms with Gasteiger partial charge in [0.25, 0.3) is 0 Å². The molecule has 2 unspecified atom stereocenters. The molecule has 61 heavy (non-hydrogen) atoms. The van der Waals surface area contributed by atoms with Crippen LogP contribution in [0.1, 0.15) is 81.1 Å². The maximum Gasteiger partial charge on any atom is 0.414 e. The van der Waals surface area contributed by atoms with Gasteiger partial charge in [0.15, 0.2) is 5.13 Å². The number of carbonyl (C=O) groups is 4. The molecule has 330 valence electrons. The van der Waals surface area contributed by atoms with Crippen LogP contribution in [0.15, 0.2) is 35.5 Å². The van der Waals surface area contributed by atoms with Crippen molar-refractivity contribution < 1.29 is 42.9 Å². The molecule has 2 aliphatic carbocycles. The van der Waals surface area contributed by atoms with E-state index < -0.39 is 53.2 Å². The lowest BCUT2D eigenvalue weighted by atomic mass is 9.85. The molecule has 1 aromatic carbocycles. The average molecular weight is 882 g/mol. The first-order valence-electron chi connectivity index (χ1n) is 20.8. The van der Waals surface area contributed by atoms with Crippen LogP contribution in [0, 0.1) is 17.3 Å². The number of ether oxygens (including phenoxy) is 5. The molecule has 3 aromatic rings. The number of thiazole rings is 1. The van der Waals surface area contributed by atoms with E-state index in [1.54, 1.807) is 39.0 Å². The number of primary amides is 1. The van der Waals surface area contributed by atoms with E-state index in [-0.39, 0.29) is 49.0 Å². The number of nitrogens with zero attached hydrogens (tertiary/aromatic N) is 4. The standard InChI is InChI=1S/C43H56ClN7O9S/c1-22(2)46-39-48-30(21-61-39)29-17-33(28-9-10-32(34(44)35(28)47-29)57-20-25-19-56-12-11-50(25)41(55)60-43(6,7)8)58-27-16-31(37(45)52)51(18-27)38(53)36(42(3,4)5)49-40(54)59-26-14-23-13-24(23)15-26/h9-10,17,20-24,26-27,31,36H,11-16,18-19H2,1-8H3,(H2,45,52)(H,46,48)(H,49,54)/b25-20+/t23-,24+,26?,27?,31-,36+/m0/s1. The largest absolute Gasteiger partial charge is 0.488 e. The number of nitrogens with one attached hydrogen (secondary N) is 2. The minimum atomic E-state index is -1.01. The SMILES string of the molecule is CC(C)Nc1nc(-c2cc(OC3C[C@@H](C(N)=O)N(C(=O)[C@@H](NC(=O)OC4C[C@@H]5C[C@@H]5C4)C(C)(C)C)C3)c3ccc(O/C=C4\COCCN4C(=O)OC(C)(C)C)c(Cl)c3n2)cs1. The average Bonchev–Trinajstić information content (AvgIpc) is 3.48. The van der Waals surface area contributed by atoms with E-state index in [4.69, 9.17) is 51.0 Å². The van der Waals surface area contributed by atoms with Gasteiger partial charge in [-0.25, -0.2) is 19.6 Å². The number of halogens is 1. The maximum absolute atomic E-state index is 14.3. The van der Waals surface area contributed by atoms with Gasteiger partial charge in [0.2, 0.25) is 11.8 Å². The van der Waals surface area contributed by atoms with Gasteiger partial charge < -0.3 is 45.0 Å². The van der Waals surface area contributed by atoms with Gasteiger partial charge in [-0.3, -0.25) is 14.5 Å². The van der Waals surface area contributed by atoms with Crippen LogP contribution in [0.2, 0.25) is 5.02 Å². The fourth-order valence-electron chi connectivity index (χ4n) is 7.99. The highest BCUT2D eigenvalue weighted by Crippen LogP contribution is 2.52. The smallest absolute Gasteiger partial charge is 0.414 e. The highest BCUT2D eigenvalue weighted by Gasteiger charge is 2.49. The number of anilines is 1. The molecule has 4 aliphatic rings. The van der Waals surface area contributed by atoms with Crippen molar-refractivity contribution in [2.24, 2.45) is 23.0 Å². The Balaban J connectivity index is 1.17. The third-order valence-electron chi connectivity index (χ3n) is 11.0. The molecule has 2 aromatic heterocycles. The van der Waals surface area contributed by atoms with E-state index in [0.717, 1.165) is 12.8 Å². The minimum Gasteiger partial charge on any atom is -0.488 e. The zero-order valence-corrected chi connectivity index (χ0v) is 37.5. The molecular formula is C43H56ClN7O9S. The Morgan fingerprint density at radius 1 is 1.00 bits per heavy atom. The van der Waals surface area contributed by atoms with Crippen molar-refractivity contribution in [2.75, 3.05) is 31.6 Å². The van der Waals surface area contributed by atoms with Crippen LogP contribution in [0.25, 0.3) is 22.3 Å². The zero-order chi connectivity index (χ0) is 44.0. The van der Waals surface area contributed by atoms with Crippen molar-refractivity contribution >= 4 is 63.0 Å². The van der Waals surface area contributed by atoms with Gasteiger partial charge >= 0.3 is 12.2 Å². The lowest BCUT2D eigenvalue weighted by Gasteiger charge is -2.35. The number of amides is 4. The molecule has 7 rings (SSSR count). The van der Waals surface area contributed by atoms with Crippen molar-refractivity contribution in [1.29, 1.82) is 0 Å². The highest BCUT2D eigenvalue weighted by molar-refractivity contribution is 7.14. The van der Waals surface area contributed by atoms with E-state index >= 15 is 0 Å². The number of morpholine rings is 1. The molecule has 0 spiro atoms. The summed E-state index contributed by atoms with van der Waals surface area (Å²) in [4.78, 5) is 66.0. The van der Waals surface area contributed by atoms with Crippen LogP contribution in [0.3, 0.4) is 0 Å². The number of carbonyl (C=O) groups excluding carboxylic acids is 4. The van der Waals surface area contributed by atoms with Crippen molar-refractivity contribution in [3.05, 3.63) is 40.6 Å². The van der Waals surface area contributed by atoms with Crippen molar-refractivity contribution in [3.8, 4) is 22.9 Å². The van der Waals surface area contributed by atoms with Crippen LogP contribution in [0.5, 0.6) is 11.5 Å². The normalized spacial score (nSPS) is 23.8. The minimum absolute atomic E-state index is 0.0127. The summed E-state index contributed by atoms with van der Waals surface area (Å²) in [5.74, 6) is 0.711.